The molecular weight excluding hydrogens is 520 g/mol. The number of likely N-dealkylation sites (N-methyl/N-ethyl adjacent to an activating group) is 1. The molecule has 2 N–H and O–H groups in total. The van der Waals surface area contributed by atoms with Crippen LogP contribution in [0.2, 0.25) is 0 Å². The highest BCUT2D eigenvalue weighted by molar-refractivity contribution is 6.02. The van der Waals surface area contributed by atoms with E-state index in [9.17, 15) is 13.6 Å². The minimum absolute atomic E-state index is 0.316. The van der Waals surface area contributed by atoms with Crippen molar-refractivity contribution >= 4 is 34.6 Å². The molecule has 2 aromatic carbocycles. The Morgan fingerprint density at radius 2 is 1.93 bits per heavy atom. The number of piperazine rings is 1. The SMILES string of the molecule is C=CC(=O)Nc1cc(Nc2cc(N3OCCC3c3ccc(F)cc3F)ncn2)c(OC)cc1N1CCN(C)CC1. The highest BCUT2D eigenvalue weighted by Crippen LogP contribution is 2.40. The fourth-order valence-electron chi connectivity index (χ4n) is 4.85. The number of amides is 1. The van der Waals surface area contributed by atoms with Gasteiger partial charge in [0.25, 0.3) is 0 Å². The number of nitrogens with one attached hydrogen (secondary N) is 2. The molecule has 1 amide bonds. The summed E-state index contributed by atoms with van der Waals surface area (Å²) < 4.78 is 33.7. The molecule has 2 aliphatic heterocycles. The van der Waals surface area contributed by atoms with Gasteiger partial charge in [0.2, 0.25) is 5.91 Å². The van der Waals surface area contributed by atoms with Crippen molar-refractivity contribution in [3.05, 3.63) is 72.6 Å². The van der Waals surface area contributed by atoms with Crippen molar-refractivity contribution in [3.8, 4) is 5.75 Å². The van der Waals surface area contributed by atoms with Crippen LogP contribution in [0.25, 0.3) is 0 Å². The summed E-state index contributed by atoms with van der Waals surface area (Å²) in [6.45, 7) is 7.29. The van der Waals surface area contributed by atoms with Crippen LogP contribution < -0.4 is 25.3 Å². The molecule has 0 radical (unpaired) electrons. The van der Waals surface area contributed by atoms with E-state index in [1.165, 1.54) is 29.6 Å². The number of aromatic nitrogens is 2. The largest absolute Gasteiger partial charge is 0.494 e. The number of hydroxylamine groups is 1. The van der Waals surface area contributed by atoms with Crippen LogP contribution in [-0.4, -0.2) is 67.7 Å². The average molecular weight is 552 g/mol. The van der Waals surface area contributed by atoms with Crippen LogP contribution in [0.5, 0.6) is 5.75 Å². The number of benzene rings is 2. The number of halogens is 2. The van der Waals surface area contributed by atoms with Crippen LogP contribution in [-0.2, 0) is 9.63 Å². The van der Waals surface area contributed by atoms with Crippen molar-refractivity contribution in [2.24, 2.45) is 0 Å². The predicted molar refractivity (Wildman–Crippen MR) is 149 cm³/mol. The van der Waals surface area contributed by atoms with E-state index in [2.05, 4.69) is 44.0 Å². The molecule has 1 aromatic heterocycles. The second-order valence-corrected chi connectivity index (χ2v) is 9.57. The zero-order valence-corrected chi connectivity index (χ0v) is 22.4. The molecule has 2 aliphatic rings. The third-order valence-electron chi connectivity index (χ3n) is 6.97. The van der Waals surface area contributed by atoms with Gasteiger partial charge in [-0.1, -0.05) is 12.6 Å². The molecule has 1 unspecified atom stereocenters. The van der Waals surface area contributed by atoms with Crippen molar-refractivity contribution in [2.45, 2.75) is 12.5 Å². The predicted octanol–water partition coefficient (Wildman–Crippen LogP) is 4.27. The Balaban J connectivity index is 1.44. The fourth-order valence-corrected chi connectivity index (χ4v) is 4.85. The van der Waals surface area contributed by atoms with Crippen molar-refractivity contribution in [1.29, 1.82) is 0 Å². The third-order valence-corrected chi connectivity index (χ3v) is 6.97. The number of hydrogen-bond acceptors (Lipinski definition) is 9. The molecule has 5 rings (SSSR count). The lowest BCUT2D eigenvalue weighted by Crippen LogP contribution is -2.44. The number of methoxy groups -OCH3 is 1. The summed E-state index contributed by atoms with van der Waals surface area (Å²) in [6, 6.07) is 8.35. The minimum Gasteiger partial charge on any atom is -0.494 e. The van der Waals surface area contributed by atoms with Gasteiger partial charge in [0, 0.05) is 56.4 Å². The van der Waals surface area contributed by atoms with E-state index in [0.717, 1.165) is 37.9 Å². The lowest BCUT2D eigenvalue weighted by Gasteiger charge is -2.35. The maximum atomic E-state index is 14.6. The standard InChI is InChI=1S/C28H31F2N7O3/c1-4-28(38)34-21-14-22(25(39-3)15-24(21)36-10-8-35(2)9-11-36)33-26-16-27(32-17-31-26)37-23(7-12-40-37)19-6-5-18(29)13-20(19)30/h4-6,13-17,23H,1,7-12H2,2-3H3,(H,34,38)(H,31,32,33). The zero-order valence-electron chi connectivity index (χ0n) is 22.4. The summed E-state index contributed by atoms with van der Waals surface area (Å²) in [4.78, 5) is 31.2. The summed E-state index contributed by atoms with van der Waals surface area (Å²) in [6.07, 6.45) is 3.09. The van der Waals surface area contributed by atoms with Crippen LogP contribution in [0.1, 0.15) is 18.0 Å². The van der Waals surface area contributed by atoms with Gasteiger partial charge in [0.15, 0.2) is 5.82 Å². The van der Waals surface area contributed by atoms with Gasteiger partial charge in [-0.25, -0.2) is 23.8 Å². The van der Waals surface area contributed by atoms with Crippen LogP contribution in [0, 0.1) is 11.6 Å². The van der Waals surface area contributed by atoms with Crippen LogP contribution in [0.3, 0.4) is 0 Å². The van der Waals surface area contributed by atoms with Crippen LogP contribution in [0.15, 0.2) is 55.4 Å². The number of hydrogen-bond donors (Lipinski definition) is 2. The van der Waals surface area contributed by atoms with E-state index < -0.39 is 17.7 Å². The molecule has 0 bridgehead atoms. The Hall–Kier alpha value is -4.29. The monoisotopic (exact) mass is 551 g/mol. The number of ether oxygens (including phenoxy) is 1. The number of rotatable bonds is 8. The van der Waals surface area contributed by atoms with Gasteiger partial charge in [-0.2, -0.15) is 0 Å². The van der Waals surface area contributed by atoms with Crippen molar-refractivity contribution in [1.82, 2.24) is 14.9 Å². The summed E-state index contributed by atoms with van der Waals surface area (Å²) in [5.74, 6) is -0.249. The van der Waals surface area contributed by atoms with Gasteiger partial charge in [-0.3, -0.25) is 9.63 Å². The molecule has 0 aliphatic carbocycles. The first kappa shape index (κ1) is 27.3. The third kappa shape index (κ3) is 5.82. The highest BCUT2D eigenvalue weighted by atomic mass is 19.1. The lowest BCUT2D eigenvalue weighted by molar-refractivity contribution is -0.111. The second-order valence-electron chi connectivity index (χ2n) is 9.57. The van der Waals surface area contributed by atoms with Gasteiger partial charge in [-0.15, -0.1) is 0 Å². The van der Waals surface area contributed by atoms with Crippen molar-refractivity contribution < 1.29 is 23.1 Å². The summed E-state index contributed by atoms with van der Waals surface area (Å²) in [5, 5.41) is 7.65. The maximum absolute atomic E-state index is 14.6. The summed E-state index contributed by atoms with van der Waals surface area (Å²) in [7, 11) is 3.65. The Morgan fingerprint density at radius 3 is 2.65 bits per heavy atom. The summed E-state index contributed by atoms with van der Waals surface area (Å²) in [5.41, 5.74) is 2.31. The Morgan fingerprint density at radius 1 is 1.12 bits per heavy atom. The lowest BCUT2D eigenvalue weighted by atomic mass is 10.0. The van der Waals surface area contributed by atoms with Gasteiger partial charge in [-0.05, 0) is 25.3 Å². The first-order valence-corrected chi connectivity index (χ1v) is 12.9. The molecule has 210 valence electrons. The molecule has 10 nitrogen and oxygen atoms in total. The molecule has 40 heavy (non-hydrogen) atoms. The Labute approximate surface area is 231 Å². The normalized spacial score (nSPS) is 17.6. The quantitative estimate of drug-likeness (QED) is 0.398. The molecule has 2 saturated heterocycles. The Bertz CT molecular complexity index is 1400. The van der Waals surface area contributed by atoms with E-state index >= 15 is 0 Å². The molecule has 0 saturated carbocycles. The van der Waals surface area contributed by atoms with E-state index in [0.29, 0.717) is 47.4 Å². The van der Waals surface area contributed by atoms with Gasteiger partial charge < -0.3 is 25.2 Å². The van der Waals surface area contributed by atoms with Crippen molar-refractivity contribution in [3.63, 3.8) is 0 Å². The van der Waals surface area contributed by atoms with E-state index in [1.54, 1.807) is 19.2 Å². The number of anilines is 5. The topological polar surface area (TPSA) is 95.1 Å². The second kappa shape index (κ2) is 11.8. The van der Waals surface area contributed by atoms with Gasteiger partial charge in [0.05, 0.1) is 36.8 Å². The summed E-state index contributed by atoms with van der Waals surface area (Å²) >= 11 is 0. The Kier molecular flexibility index (Phi) is 8.08. The molecule has 2 fully saturated rings. The first-order valence-electron chi connectivity index (χ1n) is 12.9. The average Bonchev–Trinajstić information content (AvgIpc) is 3.43. The van der Waals surface area contributed by atoms with E-state index in [4.69, 9.17) is 9.57 Å². The molecule has 12 heteroatoms. The smallest absolute Gasteiger partial charge is 0.247 e. The number of carbonyl (C=O) groups is 1. The van der Waals surface area contributed by atoms with E-state index in [1.807, 2.05) is 6.07 Å². The molecule has 3 heterocycles. The highest BCUT2D eigenvalue weighted by Gasteiger charge is 2.31. The first-order chi connectivity index (χ1) is 19.4. The minimum atomic E-state index is -0.646. The molecule has 1 atom stereocenters. The number of carbonyl (C=O) groups excluding carboxylic acids is 1. The molecule has 0 spiro atoms. The van der Waals surface area contributed by atoms with Gasteiger partial charge >= 0.3 is 0 Å². The van der Waals surface area contributed by atoms with E-state index in [-0.39, 0.29) is 5.91 Å². The van der Waals surface area contributed by atoms with Crippen LogP contribution >= 0.6 is 0 Å². The molecule has 3 aromatic rings. The fraction of sp³-hybridized carbons (Fsp3) is 0.321. The maximum Gasteiger partial charge on any atom is 0.247 e. The number of nitrogens with zero attached hydrogens (tertiary/aromatic N) is 5. The van der Waals surface area contributed by atoms with Gasteiger partial charge in [0.1, 0.15) is 29.5 Å². The molecular formula is C28H31F2N7O3. The van der Waals surface area contributed by atoms with Crippen molar-refractivity contribution in [2.75, 3.05) is 67.5 Å². The zero-order chi connectivity index (χ0) is 28.2. The van der Waals surface area contributed by atoms with Crippen LogP contribution in [0.4, 0.5) is 37.5 Å².